The van der Waals surface area contributed by atoms with Crippen molar-refractivity contribution in [2.75, 3.05) is 6.61 Å². The Balaban J connectivity index is 3.23. The number of esters is 1. The lowest BCUT2D eigenvalue weighted by Crippen LogP contribution is -2.17. The van der Waals surface area contributed by atoms with Crippen molar-refractivity contribution in [3.05, 3.63) is 0 Å². The van der Waals surface area contributed by atoms with E-state index in [2.05, 4.69) is 13.8 Å². The van der Waals surface area contributed by atoms with E-state index in [9.17, 15) is 9.90 Å². The van der Waals surface area contributed by atoms with Crippen LogP contribution in [0.4, 0.5) is 0 Å². The third-order valence-corrected chi connectivity index (χ3v) is 2.30. The highest BCUT2D eigenvalue weighted by Gasteiger charge is 2.05. The Morgan fingerprint density at radius 3 is 2.33 bits per heavy atom. The number of aliphatic hydroxyl groups is 1. The minimum Gasteiger partial charge on any atom is -0.463 e. The Kier molecular flexibility index (Phi) is 8.38. The summed E-state index contributed by atoms with van der Waals surface area (Å²) >= 11 is 0. The van der Waals surface area contributed by atoms with Crippen molar-refractivity contribution < 1.29 is 14.6 Å². The lowest BCUT2D eigenvalue weighted by Gasteiger charge is -2.10. The average Bonchev–Trinajstić information content (AvgIpc) is 2.13. The van der Waals surface area contributed by atoms with Gasteiger partial charge in [-0.1, -0.05) is 39.5 Å². The van der Waals surface area contributed by atoms with E-state index < -0.39 is 6.10 Å². The molecular formula is C12H24O3. The molecule has 1 N–H and O–H groups in total. The monoisotopic (exact) mass is 216 g/mol. The second-order valence-electron chi connectivity index (χ2n) is 4.49. The lowest BCUT2D eigenvalue weighted by molar-refractivity contribution is -0.144. The number of hydrogen-bond acceptors (Lipinski definition) is 3. The SMILES string of the molecule is CC(=O)OCC(O)CCCCCC(C)C. The summed E-state index contributed by atoms with van der Waals surface area (Å²) in [6.45, 7) is 5.93. The number of hydrogen-bond donors (Lipinski definition) is 1. The molecule has 15 heavy (non-hydrogen) atoms. The van der Waals surface area contributed by atoms with E-state index >= 15 is 0 Å². The summed E-state index contributed by atoms with van der Waals surface area (Å²) in [7, 11) is 0. The van der Waals surface area contributed by atoms with Crippen LogP contribution in [0.3, 0.4) is 0 Å². The number of aliphatic hydroxyl groups excluding tert-OH is 1. The first kappa shape index (κ1) is 14.4. The molecule has 1 atom stereocenters. The van der Waals surface area contributed by atoms with Crippen LogP contribution in [-0.2, 0) is 9.53 Å². The highest BCUT2D eigenvalue weighted by Crippen LogP contribution is 2.10. The maximum Gasteiger partial charge on any atom is 0.302 e. The zero-order valence-corrected chi connectivity index (χ0v) is 10.2. The third-order valence-electron chi connectivity index (χ3n) is 2.30. The van der Waals surface area contributed by atoms with E-state index in [0.717, 1.165) is 25.2 Å². The Morgan fingerprint density at radius 1 is 1.20 bits per heavy atom. The maximum atomic E-state index is 10.5. The first-order valence-corrected chi connectivity index (χ1v) is 5.83. The Labute approximate surface area is 92.8 Å². The predicted octanol–water partition coefficient (Wildman–Crippen LogP) is 2.52. The summed E-state index contributed by atoms with van der Waals surface area (Å²) in [6.07, 6.45) is 4.86. The van der Waals surface area contributed by atoms with Crippen LogP contribution in [0.15, 0.2) is 0 Å². The number of rotatable bonds is 8. The molecule has 90 valence electrons. The second kappa shape index (κ2) is 8.72. The van der Waals surface area contributed by atoms with Crippen LogP contribution in [0.5, 0.6) is 0 Å². The molecule has 0 rings (SSSR count). The van der Waals surface area contributed by atoms with Crippen molar-refractivity contribution in [2.24, 2.45) is 5.92 Å². The van der Waals surface area contributed by atoms with Crippen LogP contribution in [0.25, 0.3) is 0 Å². The van der Waals surface area contributed by atoms with Gasteiger partial charge in [-0.25, -0.2) is 0 Å². The van der Waals surface area contributed by atoms with Gasteiger partial charge in [0.15, 0.2) is 0 Å². The van der Waals surface area contributed by atoms with Crippen LogP contribution in [0.1, 0.15) is 52.9 Å². The van der Waals surface area contributed by atoms with Crippen LogP contribution in [0.2, 0.25) is 0 Å². The van der Waals surface area contributed by atoms with Crippen molar-refractivity contribution >= 4 is 5.97 Å². The largest absolute Gasteiger partial charge is 0.463 e. The molecule has 0 heterocycles. The van der Waals surface area contributed by atoms with E-state index in [4.69, 9.17) is 4.74 Å². The second-order valence-corrected chi connectivity index (χ2v) is 4.49. The summed E-state index contributed by atoms with van der Waals surface area (Å²) < 4.78 is 4.71. The Morgan fingerprint density at radius 2 is 1.80 bits per heavy atom. The summed E-state index contributed by atoms with van der Waals surface area (Å²) in [5.74, 6) is 0.435. The number of ether oxygens (including phenoxy) is 1. The first-order chi connectivity index (χ1) is 7.02. The van der Waals surface area contributed by atoms with E-state index in [1.165, 1.54) is 19.8 Å². The molecule has 0 spiro atoms. The molecule has 0 saturated heterocycles. The fraction of sp³-hybridized carbons (Fsp3) is 0.917. The molecule has 0 amide bonds. The summed E-state index contributed by atoms with van der Waals surface area (Å²) in [5, 5.41) is 9.43. The molecule has 0 aromatic rings. The molecule has 0 bridgehead atoms. The van der Waals surface area contributed by atoms with Gasteiger partial charge in [0.1, 0.15) is 6.61 Å². The number of carbonyl (C=O) groups excluding carboxylic acids is 1. The number of unbranched alkanes of at least 4 members (excludes halogenated alkanes) is 2. The molecule has 0 saturated carbocycles. The normalized spacial score (nSPS) is 12.9. The topological polar surface area (TPSA) is 46.5 Å². The first-order valence-electron chi connectivity index (χ1n) is 5.83. The van der Waals surface area contributed by atoms with E-state index in [0.29, 0.717) is 0 Å². The maximum absolute atomic E-state index is 10.5. The highest BCUT2D eigenvalue weighted by molar-refractivity contribution is 5.65. The van der Waals surface area contributed by atoms with Gasteiger partial charge in [0.05, 0.1) is 6.10 Å². The zero-order chi connectivity index (χ0) is 11.7. The molecule has 1 unspecified atom stereocenters. The third kappa shape index (κ3) is 11.4. The van der Waals surface area contributed by atoms with E-state index in [-0.39, 0.29) is 12.6 Å². The van der Waals surface area contributed by atoms with Crippen molar-refractivity contribution in [3.8, 4) is 0 Å². The summed E-state index contributed by atoms with van der Waals surface area (Å²) in [6, 6.07) is 0. The lowest BCUT2D eigenvalue weighted by atomic mass is 10.0. The minimum absolute atomic E-state index is 0.138. The fourth-order valence-electron chi connectivity index (χ4n) is 1.41. The van der Waals surface area contributed by atoms with Crippen LogP contribution in [0, 0.1) is 5.92 Å². The summed E-state index contributed by atoms with van der Waals surface area (Å²) in [5.41, 5.74) is 0. The van der Waals surface area contributed by atoms with Crippen molar-refractivity contribution in [3.63, 3.8) is 0 Å². The molecule has 0 aliphatic rings. The quantitative estimate of drug-likeness (QED) is 0.501. The van der Waals surface area contributed by atoms with Gasteiger partial charge in [0.25, 0.3) is 0 Å². The Hall–Kier alpha value is -0.570. The van der Waals surface area contributed by atoms with Gasteiger partial charge in [0, 0.05) is 6.92 Å². The van der Waals surface area contributed by atoms with Crippen LogP contribution >= 0.6 is 0 Å². The van der Waals surface area contributed by atoms with Crippen molar-refractivity contribution in [1.29, 1.82) is 0 Å². The standard InChI is InChI=1S/C12H24O3/c1-10(2)7-5-4-6-8-12(14)9-15-11(3)13/h10,12,14H,4-9H2,1-3H3. The predicted molar refractivity (Wildman–Crippen MR) is 60.6 cm³/mol. The molecule has 0 fully saturated rings. The molecule has 0 aromatic heterocycles. The highest BCUT2D eigenvalue weighted by atomic mass is 16.5. The number of carbonyl (C=O) groups is 1. The minimum atomic E-state index is -0.493. The van der Waals surface area contributed by atoms with Gasteiger partial charge in [-0.3, -0.25) is 4.79 Å². The van der Waals surface area contributed by atoms with Crippen molar-refractivity contribution in [1.82, 2.24) is 0 Å². The molecule has 0 aliphatic heterocycles. The molecule has 0 aliphatic carbocycles. The smallest absolute Gasteiger partial charge is 0.302 e. The van der Waals surface area contributed by atoms with Crippen molar-refractivity contribution in [2.45, 2.75) is 59.0 Å². The van der Waals surface area contributed by atoms with Gasteiger partial charge in [0.2, 0.25) is 0 Å². The van der Waals surface area contributed by atoms with E-state index in [1.807, 2.05) is 0 Å². The molecular weight excluding hydrogens is 192 g/mol. The van der Waals surface area contributed by atoms with Gasteiger partial charge in [-0.15, -0.1) is 0 Å². The average molecular weight is 216 g/mol. The van der Waals surface area contributed by atoms with Gasteiger partial charge >= 0.3 is 5.97 Å². The van der Waals surface area contributed by atoms with Crippen LogP contribution < -0.4 is 0 Å². The van der Waals surface area contributed by atoms with Crippen LogP contribution in [-0.4, -0.2) is 23.8 Å². The fourth-order valence-corrected chi connectivity index (χ4v) is 1.41. The van der Waals surface area contributed by atoms with Gasteiger partial charge in [-0.05, 0) is 12.3 Å². The molecule has 0 radical (unpaired) electrons. The summed E-state index contributed by atoms with van der Waals surface area (Å²) in [4.78, 5) is 10.5. The molecule has 3 nitrogen and oxygen atoms in total. The van der Waals surface area contributed by atoms with Gasteiger partial charge in [-0.2, -0.15) is 0 Å². The van der Waals surface area contributed by atoms with E-state index in [1.54, 1.807) is 0 Å². The molecule has 0 aromatic carbocycles. The zero-order valence-electron chi connectivity index (χ0n) is 10.2. The molecule has 3 heteroatoms. The van der Waals surface area contributed by atoms with Gasteiger partial charge < -0.3 is 9.84 Å². The Bertz CT molecular complexity index is 166.